The van der Waals surface area contributed by atoms with Crippen molar-refractivity contribution in [1.82, 2.24) is 9.78 Å². The molecule has 1 aromatic heterocycles. The Bertz CT molecular complexity index is 697. The van der Waals surface area contributed by atoms with Crippen LogP contribution in [0, 0.1) is 0 Å². The van der Waals surface area contributed by atoms with Crippen molar-refractivity contribution in [1.29, 1.82) is 0 Å². The first-order valence-electron chi connectivity index (χ1n) is 5.41. The zero-order chi connectivity index (χ0) is 14.9. The van der Waals surface area contributed by atoms with Gasteiger partial charge in [0.05, 0.1) is 23.0 Å². The fourth-order valence-electron chi connectivity index (χ4n) is 1.59. The van der Waals surface area contributed by atoms with Crippen LogP contribution in [0.1, 0.15) is 20.7 Å². The molecule has 0 aliphatic heterocycles. The van der Waals surface area contributed by atoms with E-state index in [4.69, 9.17) is 0 Å². The van der Waals surface area contributed by atoms with Crippen molar-refractivity contribution in [2.24, 2.45) is 7.05 Å². The Morgan fingerprint density at radius 3 is 2.60 bits per heavy atom. The fraction of sp³-hybridized carbons (Fsp3) is 0.0833. The number of aromatic nitrogens is 2. The number of aryl methyl sites for hydroxylation is 1. The predicted octanol–water partition coefficient (Wildman–Crippen LogP) is 2.90. The summed E-state index contributed by atoms with van der Waals surface area (Å²) in [5, 5.41) is 15.7. The number of carboxylic acid groups (broad SMARTS) is 1. The SMILES string of the molecule is Cn1cc(C(=O)Nc2c(Br)cc(Br)cc2C(=O)O)cn1. The third-order valence-electron chi connectivity index (χ3n) is 2.49. The topological polar surface area (TPSA) is 84.2 Å². The van der Waals surface area contributed by atoms with Crippen LogP contribution in [-0.4, -0.2) is 26.8 Å². The maximum atomic E-state index is 12.0. The molecule has 0 saturated carbocycles. The number of rotatable bonds is 3. The largest absolute Gasteiger partial charge is 0.478 e. The van der Waals surface area contributed by atoms with Crippen molar-refractivity contribution in [2.45, 2.75) is 0 Å². The molecule has 0 saturated heterocycles. The maximum absolute atomic E-state index is 12.0. The van der Waals surface area contributed by atoms with Crippen LogP contribution in [0.2, 0.25) is 0 Å². The van der Waals surface area contributed by atoms with Crippen LogP contribution in [0.5, 0.6) is 0 Å². The molecule has 0 atom stereocenters. The predicted molar refractivity (Wildman–Crippen MR) is 80.0 cm³/mol. The van der Waals surface area contributed by atoms with E-state index in [9.17, 15) is 14.7 Å². The summed E-state index contributed by atoms with van der Waals surface area (Å²) in [5.41, 5.74) is 0.539. The summed E-state index contributed by atoms with van der Waals surface area (Å²) in [6, 6.07) is 3.08. The standard InChI is InChI=1S/C12H9Br2N3O3/c1-17-5-6(4-15-17)11(18)16-10-8(12(19)20)2-7(13)3-9(10)14/h2-5H,1H3,(H,16,18)(H,19,20). The first kappa shape index (κ1) is 14.7. The molecule has 1 amide bonds. The Hall–Kier alpha value is -1.67. The van der Waals surface area contributed by atoms with Gasteiger partial charge < -0.3 is 10.4 Å². The van der Waals surface area contributed by atoms with Gasteiger partial charge in [0.2, 0.25) is 0 Å². The van der Waals surface area contributed by atoms with E-state index >= 15 is 0 Å². The molecule has 2 aromatic rings. The quantitative estimate of drug-likeness (QED) is 0.826. The summed E-state index contributed by atoms with van der Waals surface area (Å²) in [4.78, 5) is 23.3. The van der Waals surface area contributed by atoms with Crippen LogP contribution < -0.4 is 5.32 Å². The van der Waals surface area contributed by atoms with Crippen LogP contribution in [0.4, 0.5) is 5.69 Å². The number of hydrogen-bond donors (Lipinski definition) is 2. The van der Waals surface area contributed by atoms with Gasteiger partial charge >= 0.3 is 5.97 Å². The van der Waals surface area contributed by atoms with Gasteiger partial charge in [-0.15, -0.1) is 0 Å². The lowest BCUT2D eigenvalue weighted by Gasteiger charge is -2.10. The second-order valence-corrected chi connectivity index (χ2v) is 5.74. The molecular weight excluding hydrogens is 394 g/mol. The highest BCUT2D eigenvalue weighted by molar-refractivity contribution is 9.11. The normalized spacial score (nSPS) is 10.3. The zero-order valence-corrected chi connectivity index (χ0v) is 13.4. The smallest absolute Gasteiger partial charge is 0.337 e. The molecule has 0 aliphatic carbocycles. The van der Waals surface area contributed by atoms with Gasteiger partial charge in [-0.1, -0.05) is 15.9 Å². The molecule has 2 rings (SSSR count). The lowest BCUT2D eigenvalue weighted by Crippen LogP contribution is -2.15. The van der Waals surface area contributed by atoms with E-state index < -0.39 is 11.9 Å². The summed E-state index contributed by atoms with van der Waals surface area (Å²) in [7, 11) is 1.69. The Morgan fingerprint density at radius 2 is 2.05 bits per heavy atom. The monoisotopic (exact) mass is 401 g/mol. The molecule has 0 aliphatic rings. The van der Waals surface area contributed by atoms with Crippen LogP contribution in [0.3, 0.4) is 0 Å². The second kappa shape index (κ2) is 5.76. The summed E-state index contributed by atoms with van der Waals surface area (Å²) >= 11 is 6.45. The number of nitrogens with one attached hydrogen (secondary N) is 1. The van der Waals surface area contributed by atoms with Crippen LogP contribution in [0.15, 0.2) is 33.5 Å². The van der Waals surface area contributed by atoms with Crippen LogP contribution in [0.25, 0.3) is 0 Å². The fourth-order valence-corrected chi connectivity index (χ4v) is 2.92. The molecule has 0 unspecified atom stereocenters. The van der Waals surface area contributed by atoms with E-state index in [1.165, 1.54) is 16.9 Å². The molecule has 20 heavy (non-hydrogen) atoms. The van der Waals surface area contributed by atoms with Gasteiger partial charge in [-0.05, 0) is 28.1 Å². The number of nitrogens with zero attached hydrogens (tertiary/aromatic N) is 2. The number of carbonyl (C=O) groups is 2. The summed E-state index contributed by atoms with van der Waals surface area (Å²) < 4.78 is 2.56. The molecule has 0 radical (unpaired) electrons. The number of halogens is 2. The number of carbonyl (C=O) groups excluding carboxylic acids is 1. The van der Waals surface area contributed by atoms with Gasteiger partial charge in [0.15, 0.2) is 0 Å². The summed E-state index contributed by atoms with van der Waals surface area (Å²) in [6.07, 6.45) is 2.95. The van der Waals surface area contributed by atoms with Crippen molar-refractivity contribution in [3.05, 3.63) is 44.6 Å². The average molecular weight is 403 g/mol. The zero-order valence-electron chi connectivity index (χ0n) is 10.2. The van der Waals surface area contributed by atoms with Gasteiger partial charge in [0.1, 0.15) is 0 Å². The molecule has 0 spiro atoms. The highest BCUT2D eigenvalue weighted by Crippen LogP contribution is 2.31. The van der Waals surface area contributed by atoms with E-state index in [2.05, 4.69) is 42.3 Å². The lowest BCUT2D eigenvalue weighted by atomic mass is 10.1. The average Bonchev–Trinajstić information content (AvgIpc) is 2.78. The van der Waals surface area contributed by atoms with E-state index in [0.717, 1.165) is 0 Å². The molecule has 6 nitrogen and oxygen atoms in total. The van der Waals surface area contributed by atoms with E-state index in [1.807, 2.05) is 0 Å². The molecule has 104 valence electrons. The van der Waals surface area contributed by atoms with Crippen LogP contribution >= 0.6 is 31.9 Å². The number of amides is 1. The van der Waals surface area contributed by atoms with Gasteiger partial charge in [-0.25, -0.2) is 4.79 Å². The van der Waals surface area contributed by atoms with Crippen LogP contribution in [-0.2, 0) is 7.05 Å². The van der Waals surface area contributed by atoms with Gasteiger partial charge in [0, 0.05) is 22.2 Å². The Balaban J connectivity index is 2.38. The molecule has 8 heteroatoms. The second-order valence-electron chi connectivity index (χ2n) is 3.97. The highest BCUT2D eigenvalue weighted by Gasteiger charge is 2.18. The number of hydrogen-bond acceptors (Lipinski definition) is 3. The number of aromatic carboxylic acids is 1. The Labute approximate surface area is 131 Å². The number of carboxylic acids is 1. The van der Waals surface area contributed by atoms with Crippen molar-refractivity contribution >= 4 is 49.4 Å². The van der Waals surface area contributed by atoms with Crippen molar-refractivity contribution in [2.75, 3.05) is 5.32 Å². The minimum Gasteiger partial charge on any atom is -0.478 e. The minimum atomic E-state index is -1.13. The molecule has 0 fully saturated rings. The number of benzene rings is 1. The maximum Gasteiger partial charge on any atom is 0.337 e. The van der Waals surface area contributed by atoms with Gasteiger partial charge in [-0.3, -0.25) is 9.48 Å². The summed E-state index contributed by atoms with van der Waals surface area (Å²) in [5.74, 6) is -1.56. The van der Waals surface area contributed by atoms with Crippen molar-refractivity contribution in [3.63, 3.8) is 0 Å². The van der Waals surface area contributed by atoms with Crippen molar-refractivity contribution < 1.29 is 14.7 Å². The third kappa shape index (κ3) is 3.07. The molecular formula is C12H9Br2N3O3. The lowest BCUT2D eigenvalue weighted by molar-refractivity contribution is 0.0698. The molecule has 2 N–H and O–H groups in total. The van der Waals surface area contributed by atoms with Gasteiger partial charge in [-0.2, -0.15) is 5.10 Å². The van der Waals surface area contributed by atoms with E-state index in [1.54, 1.807) is 19.3 Å². The Kier molecular flexibility index (Phi) is 4.24. The molecule has 1 heterocycles. The van der Waals surface area contributed by atoms with Gasteiger partial charge in [0.25, 0.3) is 5.91 Å². The van der Waals surface area contributed by atoms with Crippen molar-refractivity contribution in [3.8, 4) is 0 Å². The first-order chi connectivity index (χ1) is 9.38. The minimum absolute atomic E-state index is 0.0107. The highest BCUT2D eigenvalue weighted by atomic mass is 79.9. The first-order valence-corrected chi connectivity index (χ1v) is 6.99. The molecule has 1 aromatic carbocycles. The Morgan fingerprint density at radius 1 is 1.35 bits per heavy atom. The molecule has 0 bridgehead atoms. The van der Waals surface area contributed by atoms with E-state index in [-0.39, 0.29) is 11.3 Å². The number of anilines is 1. The summed E-state index contributed by atoms with van der Waals surface area (Å²) in [6.45, 7) is 0. The van der Waals surface area contributed by atoms with E-state index in [0.29, 0.717) is 14.5 Å². The third-order valence-corrected chi connectivity index (χ3v) is 3.57.